The quantitative estimate of drug-likeness (QED) is 0.703. The van der Waals surface area contributed by atoms with Gasteiger partial charge in [0.1, 0.15) is 0 Å². The standard InChI is InChI=1S/C9H14F3N3/c1-2-15-5-3-7(4-6-15)8(13-14-8)9(10,11)12/h7H,2-6H2,1H3. The molecule has 15 heavy (non-hydrogen) atoms. The molecule has 0 aliphatic carbocycles. The van der Waals surface area contributed by atoms with E-state index in [0.29, 0.717) is 12.8 Å². The Morgan fingerprint density at radius 1 is 1.27 bits per heavy atom. The summed E-state index contributed by atoms with van der Waals surface area (Å²) in [4.78, 5) is 2.16. The first kappa shape index (κ1) is 10.9. The summed E-state index contributed by atoms with van der Waals surface area (Å²) in [5.74, 6) is -0.444. The molecule has 0 atom stereocenters. The Bertz CT molecular complexity index is 260. The predicted octanol–water partition coefficient (Wildman–Crippen LogP) is 2.44. The number of alkyl halides is 3. The van der Waals surface area contributed by atoms with E-state index in [1.165, 1.54) is 0 Å². The van der Waals surface area contributed by atoms with Crippen LogP contribution >= 0.6 is 0 Å². The molecular formula is C9H14F3N3. The zero-order valence-electron chi connectivity index (χ0n) is 8.59. The Kier molecular flexibility index (Phi) is 2.48. The average molecular weight is 221 g/mol. The molecule has 0 N–H and O–H groups in total. The van der Waals surface area contributed by atoms with Gasteiger partial charge in [0.25, 0.3) is 5.66 Å². The number of nitrogens with zero attached hydrogens (tertiary/aromatic N) is 3. The third kappa shape index (κ3) is 1.75. The maximum atomic E-state index is 12.7. The predicted molar refractivity (Wildman–Crippen MR) is 48.5 cm³/mol. The summed E-state index contributed by atoms with van der Waals surface area (Å²) in [6.45, 7) is 4.37. The van der Waals surface area contributed by atoms with Gasteiger partial charge in [0.15, 0.2) is 0 Å². The van der Waals surface area contributed by atoms with Crippen LogP contribution in [0.25, 0.3) is 0 Å². The van der Waals surface area contributed by atoms with Crippen LogP contribution < -0.4 is 0 Å². The third-order valence-electron chi connectivity index (χ3n) is 3.34. The fourth-order valence-corrected chi connectivity index (χ4v) is 2.21. The molecule has 0 saturated carbocycles. The molecule has 0 amide bonds. The molecule has 1 fully saturated rings. The summed E-state index contributed by atoms with van der Waals surface area (Å²) in [5.41, 5.74) is -2.03. The van der Waals surface area contributed by atoms with Gasteiger partial charge >= 0.3 is 6.18 Å². The first-order valence-corrected chi connectivity index (χ1v) is 5.23. The van der Waals surface area contributed by atoms with Gasteiger partial charge in [-0.05, 0) is 32.5 Å². The molecule has 0 unspecified atom stereocenters. The molecule has 0 bridgehead atoms. The van der Waals surface area contributed by atoms with Gasteiger partial charge in [0, 0.05) is 5.92 Å². The zero-order chi connectivity index (χ0) is 11.1. The molecule has 6 heteroatoms. The van der Waals surface area contributed by atoms with Crippen molar-refractivity contribution in [2.75, 3.05) is 19.6 Å². The number of rotatable bonds is 2. The van der Waals surface area contributed by atoms with Crippen LogP contribution in [-0.4, -0.2) is 36.4 Å². The van der Waals surface area contributed by atoms with Crippen LogP contribution in [0.1, 0.15) is 19.8 Å². The lowest BCUT2D eigenvalue weighted by molar-refractivity contribution is -0.180. The lowest BCUT2D eigenvalue weighted by atomic mass is 9.86. The minimum atomic E-state index is -4.30. The van der Waals surface area contributed by atoms with E-state index < -0.39 is 17.8 Å². The van der Waals surface area contributed by atoms with Crippen molar-refractivity contribution in [2.24, 2.45) is 16.1 Å². The van der Waals surface area contributed by atoms with E-state index in [4.69, 9.17) is 0 Å². The summed E-state index contributed by atoms with van der Waals surface area (Å²) < 4.78 is 38.0. The molecule has 0 radical (unpaired) electrons. The van der Waals surface area contributed by atoms with Crippen molar-refractivity contribution in [2.45, 2.75) is 31.6 Å². The van der Waals surface area contributed by atoms with E-state index in [0.717, 1.165) is 19.6 Å². The normalized spacial score (nSPS) is 26.9. The van der Waals surface area contributed by atoms with E-state index in [2.05, 4.69) is 15.1 Å². The third-order valence-corrected chi connectivity index (χ3v) is 3.34. The number of hydrogen-bond donors (Lipinski definition) is 0. The molecule has 0 aromatic rings. The van der Waals surface area contributed by atoms with E-state index >= 15 is 0 Å². The van der Waals surface area contributed by atoms with Gasteiger partial charge in [0.05, 0.1) is 0 Å². The van der Waals surface area contributed by atoms with Gasteiger partial charge in [-0.3, -0.25) is 0 Å². The van der Waals surface area contributed by atoms with Gasteiger partial charge in [-0.15, -0.1) is 10.2 Å². The first-order valence-electron chi connectivity index (χ1n) is 5.23. The minimum absolute atomic E-state index is 0.444. The highest BCUT2D eigenvalue weighted by atomic mass is 19.4. The number of likely N-dealkylation sites (tertiary alicyclic amines) is 1. The average Bonchev–Trinajstić information content (AvgIpc) is 2.98. The Labute approximate surface area is 86.4 Å². The van der Waals surface area contributed by atoms with Crippen molar-refractivity contribution in [3.8, 4) is 0 Å². The Balaban J connectivity index is 1.96. The highest BCUT2D eigenvalue weighted by Gasteiger charge is 2.67. The number of hydrogen-bond acceptors (Lipinski definition) is 3. The van der Waals surface area contributed by atoms with Gasteiger partial charge < -0.3 is 4.90 Å². The largest absolute Gasteiger partial charge is 0.437 e. The lowest BCUT2D eigenvalue weighted by Gasteiger charge is -2.33. The zero-order valence-corrected chi connectivity index (χ0v) is 8.59. The lowest BCUT2D eigenvalue weighted by Crippen LogP contribution is -2.46. The van der Waals surface area contributed by atoms with Gasteiger partial charge in [-0.1, -0.05) is 6.92 Å². The Morgan fingerprint density at radius 3 is 2.13 bits per heavy atom. The van der Waals surface area contributed by atoms with Crippen LogP contribution in [0.3, 0.4) is 0 Å². The fourth-order valence-electron chi connectivity index (χ4n) is 2.21. The second-order valence-corrected chi connectivity index (χ2v) is 4.13. The minimum Gasteiger partial charge on any atom is -0.304 e. The summed E-state index contributed by atoms with van der Waals surface area (Å²) >= 11 is 0. The molecule has 0 aromatic carbocycles. The van der Waals surface area contributed by atoms with Crippen molar-refractivity contribution >= 4 is 0 Å². The van der Waals surface area contributed by atoms with Crippen LogP contribution in [0, 0.1) is 5.92 Å². The smallest absolute Gasteiger partial charge is 0.304 e. The van der Waals surface area contributed by atoms with Gasteiger partial charge in [-0.2, -0.15) is 13.2 Å². The summed E-state index contributed by atoms with van der Waals surface area (Å²) in [6, 6.07) is 0. The second kappa shape index (κ2) is 3.43. The first-order chi connectivity index (χ1) is 6.99. The van der Waals surface area contributed by atoms with E-state index in [1.807, 2.05) is 6.92 Å². The molecule has 0 spiro atoms. The van der Waals surface area contributed by atoms with Crippen molar-refractivity contribution in [3.63, 3.8) is 0 Å². The molecule has 2 aliphatic rings. The molecule has 2 aliphatic heterocycles. The van der Waals surface area contributed by atoms with Crippen molar-refractivity contribution in [1.82, 2.24) is 4.90 Å². The Hall–Kier alpha value is -0.650. The van der Waals surface area contributed by atoms with Crippen molar-refractivity contribution in [3.05, 3.63) is 0 Å². The van der Waals surface area contributed by atoms with Crippen LogP contribution in [-0.2, 0) is 0 Å². The molecule has 2 heterocycles. The van der Waals surface area contributed by atoms with Crippen molar-refractivity contribution < 1.29 is 13.2 Å². The molecule has 86 valence electrons. The number of halogens is 3. The highest BCUT2D eigenvalue weighted by Crippen LogP contribution is 2.52. The van der Waals surface area contributed by atoms with Crippen LogP contribution in [0.2, 0.25) is 0 Å². The maximum Gasteiger partial charge on any atom is 0.437 e. The molecule has 1 saturated heterocycles. The second-order valence-electron chi connectivity index (χ2n) is 4.13. The van der Waals surface area contributed by atoms with Crippen LogP contribution in [0.4, 0.5) is 13.2 Å². The monoisotopic (exact) mass is 221 g/mol. The Morgan fingerprint density at radius 2 is 1.80 bits per heavy atom. The highest BCUT2D eigenvalue weighted by molar-refractivity contribution is 5.06. The summed E-state index contributed by atoms with van der Waals surface area (Å²) in [6.07, 6.45) is -3.22. The summed E-state index contributed by atoms with van der Waals surface area (Å²) in [5, 5.41) is 6.52. The molecule has 3 nitrogen and oxygen atoms in total. The van der Waals surface area contributed by atoms with E-state index in [-0.39, 0.29) is 0 Å². The fraction of sp³-hybridized carbons (Fsp3) is 1.00. The molecule has 0 aromatic heterocycles. The topological polar surface area (TPSA) is 28.0 Å². The molecular weight excluding hydrogens is 207 g/mol. The van der Waals surface area contributed by atoms with Crippen LogP contribution in [0.15, 0.2) is 10.2 Å². The van der Waals surface area contributed by atoms with Crippen molar-refractivity contribution in [1.29, 1.82) is 0 Å². The summed E-state index contributed by atoms with van der Waals surface area (Å²) in [7, 11) is 0. The molecule has 2 rings (SSSR count). The SMILES string of the molecule is CCN1CCC(C2(C(F)(F)F)N=N2)CC1. The van der Waals surface area contributed by atoms with E-state index in [1.54, 1.807) is 0 Å². The number of piperidine rings is 1. The van der Waals surface area contributed by atoms with Gasteiger partial charge in [0.2, 0.25) is 0 Å². The van der Waals surface area contributed by atoms with Gasteiger partial charge in [-0.25, -0.2) is 0 Å². The van der Waals surface area contributed by atoms with E-state index in [9.17, 15) is 13.2 Å². The van der Waals surface area contributed by atoms with Crippen LogP contribution in [0.5, 0.6) is 0 Å². The maximum absolute atomic E-state index is 12.7.